The first-order valence-corrected chi connectivity index (χ1v) is 9.22. The number of carbonyl (C=O) groups is 1. The molecule has 140 valence electrons. The van der Waals surface area contributed by atoms with Crippen molar-refractivity contribution in [2.24, 2.45) is 11.7 Å². The Balaban J connectivity index is 1.53. The van der Waals surface area contributed by atoms with E-state index in [0.29, 0.717) is 18.2 Å². The molecule has 0 fully saturated rings. The minimum Gasteiger partial charge on any atom is -0.369 e. The molecule has 26 heavy (non-hydrogen) atoms. The molecule has 0 saturated carbocycles. The molecule has 1 amide bonds. The number of fused-ring (bicyclic) bond motifs is 1. The largest absolute Gasteiger partial charge is 0.369 e. The van der Waals surface area contributed by atoms with Crippen molar-refractivity contribution in [1.82, 2.24) is 20.1 Å². The fourth-order valence-corrected chi connectivity index (χ4v) is 3.29. The van der Waals surface area contributed by atoms with Crippen molar-refractivity contribution < 1.29 is 4.79 Å². The van der Waals surface area contributed by atoms with Crippen molar-refractivity contribution >= 4 is 11.6 Å². The smallest absolute Gasteiger partial charge is 0.241 e. The molecule has 7 heteroatoms. The Morgan fingerprint density at radius 3 is 2.88 bits per heavy atom. The van der Waals surface area contributed by atoms with Crippen LogP contribution in [0.2, 0.25) is 0 Å². The summed E-state index contributed by atoms with van der Waals surface area (Å²) in [6.45, 7) is 8.44. The summed E-state index contributed by atoms with van der Waals surface area (Å²) in [6, 6.07) is 8.21. The average Bonchev–Trinajstić information content (AvgIpc) is 3.18. The van der Waals surface area contributed by atoms with E-state index in [0.717, 1.165) is 19.5 Å². The first-order valence-electron chi connectivity index (χ1n) is 9.22. The van der Waals surface area contributed by atoms with Gasteiger partial charge in [0.25, 0.3) is 0 Å². The van der Waals surface area contributed by atoms with Gasteiger partial charge in [-0.25, -0.2) is 9.67 Å². The van der Waals surface area contributed by atoms with Crippen LogP contribution >= 0.6 is 0 Å². The van der Waals surface area contributed by atoms with Gasteiger partial charge in [-0.3, -0.25) is 4.79 Å². The lowest BCUT2D eigenvalue weighted by molar-refractivity contribution is -0.121. The maximum atomic E-state index is 12.3. The van der Waals surface area contributed by atoms with Gasteiger partial charge < -0.3 is 16.0 Å². The summed E-state index contributed by atoms with van der Waals surface area (Å²) in [5.74, 6) is 1.47. The van der Waals surface area contributed by atoms with Gasteiger partial charge in [-0.05, 0) is 30.9 Å². The van der Waals surface area contributed by atoms with Crippen LogP contribution in [-0.2, 0) is 17.8 Å². The van der Waals surface area contributed by atoms with Crippen molar-refractivity contribution in [3.05, 3.63) is 41.5 Å². The van der Waals surface area contributed by atoms with Gasteiger partial charge in [-0.2, -0.15) is 5.10 Å². The fraction of sp³-hybridized carbons (Fsp3) is 0.526. The lowest BCUT2D eigenvalue weighted by Gasteiger charge is -2.20. The molecule has 0 bridgehead atoms. The summed E-state index contributed by atoms with van der Waals surface area (Å²) in [5.41, 5.74) is 8.85. The second-order valence-electron chi connectivity index (χ2n) is 7.16. The molecule has 2 heterocycles. The summed E-state index contributed by atoms with van der Waals surface area (Å²) in [4.78, 5) is 19.0. The molecule has 0 radical (unpaired) electrons. The third-order valence-corrected chi connectivity index (χ3v) is 4.80. The van der Waals surface area contributed by atoms with Gasteiger partial charge in [-0.15, -0.1) is 0 Å². The van der Waals surface area contributed by atoms with Crippen LogP contribution in [-0.4, -0.2) is 40.3 Å². The number of rotatable bonds is 7. The molecule has 3 rings (SSSR count). The van der Waals surface area contributed by atoms with Gasteiger partial charge in [0, 0.05) is 25.3 Å². The molecule has 0 saturated heterocycles. The molecular formula is C19H28N6O. The Hall–Kier alpha value is -2.41. The Labute approximate surface area is 154 Å². The van der Waals surface area contributed by atoms with Gasteiger partial charge in [0.2, 0.25) is 5.91 Å². The van der Waals surface area contributed by atoms with Gasteiger partial charge >= 0.3 is 0 Å². The van der Waals surface area contributed by atoms with E-state index in [1.807, 2.05) is 20.8 Å². The molecule has 2 aromatic rings. The number of hydrogen-bond donors (Lipinski definition) is 2. The molecule has 1 aliphatic rings. The van der Waals surface area contributed by atoms with Crippen molar-refractivity contribution in [1.29, 1.82) is 0 Å². The van der Waals surface area contributed by atoms with E-state index in [4.69, 9.17) is 5.73 Å². The average molecular weight is 356 g/mol. The van der Waals surface area contributed by atoms with Crippen LogP contribution in [0.1, 0.15) is 37.1 Å². The number of carbonyl (C=O) groups excluding carboxylic acids is 1. The van der Waals surface area contributed by atoms with Gasteiger partial charge in [0.15, 0.2) is 0 Å². The first kappa shape index (κ1) is 18.4. The molecule has 3 N–H and O–H groups in total. The normalized spacial score (nSPS) is 14.6. The summed E-state index contributed by atoms with van der Waals surface area (Å²) < 4.78 is 1.63. The van der Waals surface area contributed by atoms with E-state index in [1.54, 1.807) is 4.68 Å². The minimum absolute atomic E-state index is 0.0698. The highest BCUT2D eigenvalue weighted by atomic mass is 16.2. The zero-order chi connectivity index (χ0) is 18.7. The number of amides is 1. The summed E-state index contributed by atoms with van der Waals surface area (Å²) in [6.07, 6.45) is 1.07. The topological polar surface area (TPSA) is 89.1 Å². The van der Waals surface area contributed by atoms with Crippen LogP contribution in [0.25, 0.3) is 0 Å². The lowest BCUT2D eigenvalue weighted by atomic mass is 10.1. The van der Waals surface area contributed by atoms with Gasteiger partial charge in [-0.1, -0.05) is 32.0 Å². The van der Waals surface area contributed by atoms with E-state index in [9.17, 15) is 4.79 Å². The van der Waals surface area contributed by atoms with E-state index >= 15 is 0 Å². The monoisotopic (exact) mass is 356 g/mol. The Morgan fingerprint density at radius 1 is 1.35 bits per heavy atom. The second-order valence-corrected chi connectivity index (χ2v) is 7.16. The lowest BCUT2D eigenvalue weighted by Crippen LogP contribution is -2.36. The highest BCUT2D eigenvalue weighted by molar-refractivity contribution is 5.75. The minimum atomic E-state index is -0.231. The number of benzene rings is 1. The van der Waals surface area contributed by atoms with Crippen LogP contribution in [0, 0.1) is 12.8 Å². The van der Waals surface area contributed by atoms with Gasteiger partial charge in [0.05, 0.1) is 6.04 Å². The number of nitrogens with zero attached hydrogens (tertiary/aromatic N) is 4. The molecular weight excluding hydrogens is 328 g/mol. The Bertz CT molecular complexity index is 769. The molecule has 1 aliphatic heterocycles. The number of nitrogens with two attached hydrogens (primary N) is 1. The van der Waals surface area contributed by atoms with E-state index in [-0.39, 0.29) is 24.4 Å². The van der Waals surface area contributed by atoms with Crippen molar-refractivity contribution in [2.75, 3.05) is 24.5 Å². The standard InChI is InChI=1S/C19H28N6O/c1-13(2)18(20)19-22-14(3)23-25(19)12-17(26)21-9-11-24-10-8-15-6-4-5-7-16(15)24/h4-7,13,18H,8-12,20H2,1-3H3,(H,21,26)/t18-/m0/s1. The first-order chi connectivity index (χ1) is 12.5. The highest BCUT2D eigenvalue weighted by Gasteiger charge is 2.21. The van der Waals surface area contributed by atoms with Crippen LogP contribution < -0.4 is 16.0 Å². The predicted octanol–water partition coefficient (Wildman–Crippen LogP) is 1.42. The molecule has 7 nitrogen and oxygen atoms in total. The van der Waals surface area contributed by atoms with Crippen LogP contribution in [0.3, 0.4) is 0 Å². The SMILES string of the molecule is Cc1nc([C@@H](N)C(C)C)n(CC(=O)NCCN2CCc3ccccc32)n1. The molecule has 0 spiro atoms. The number of nitrogens with one attached hydrogen (secondary N) is 1. The van der Waals surface area contributed by atoms with Crippen molar-refractivity contribution in [3.8, 4) is 0 Å². The molecule has 0 unspecified atom stereocenters. The third-order valence-electron chi connectivity index (χ3n) is 4.80. The number of anilines is 1. The fourth-order valence-electron chi connectivity index (χ4n) is 3.29. The zero-order valence-corrected chi connectivity index (χ0v) is 15.8. The van der Waals surface area contributed by atoms with Crippen LogP contribution in [0.15, 0.2) is 24.3 Å². The van der Waals surface area contributed by atoms with Gasteiger partial charge in [0.1, 0.15) is 18.2 Å². The molecule has 0 aliphatic carbocycles. The quantitative estimate of drug-likeness (QED) is 0.783. The maximum absolute atomic E-state index is 12.3. The summed E-state index contributed by atoms with van der Waals surface area (Å²) >= 11 is 0. The Morgan fingerprint density at radius 2 is 2.12 bits per heavy atom. The number of aromatic nitrogens is 3. The van der Waals surface area contributed by atoms with Crippen molar-refractivity contribution in [2.45, 2.75) is 39.8 Å². The highest BCUT2D eigenvalue weighted by Crippen LogP contribution is 2.26. The summed E-state index contributed by atoms with van der Waals surface area (Å²) in [7, 11) is 0. The van der Waals surface area contributed by atoms with E-state index in [2.05, 4.69) is 44.6 Å². The molecule has 1 aromatic carbocycles. The number of aryl methyl sites for hydroxylation is 1. The van der Waals surface area contributed by atoms with Crippen LogP contribution in [0.5, 0.6) is 0 Å². The number of para-hydroxylation sites is 1. The summed E-state index contributed by atoms with van der Waals surface area (Å²) in [5, 5.41) is 7.31. The van der Waals surface area contributed by atoms with E-state index < -0.39 is 0 Å². The number of hydrogen-bond acceptors (Lipinski definition) is 5. The van der Waals surface area contributed by atoms with Crippen molar-refractivity contribution in [3.63, 3.8) is 0 Å². The maximum Gasteiger partial charge on any atom is 0.241 e. The van der Waals surface area contributed by atoms with Crippen LogP contribution in [0.4, 0.5) is 5.69 Å². The van der Waals surface area contributed by atoms with E-state index in [1.165, 1.54) is 11.3 Å². The zero-order valence-electron chi connectivity index (χ0n) is 15.8. The third kappa shape index (κ3) is 4.04. The predicted molar refractivity (Wildman–Crippen MR) is 102 cm³/mol. The molecule has 1 aromatic heterocycles. The molecule has 1 atom stereocenters. The second kappa shape index (κ2) is 7.86. The Kier molecular flexibility index (Phi) is 5.56.